The van der Waals surface area contributed by atoms with Gasteiger partial charge in [0.2, 0.25) is 5.91 Å². The first-order valence-corrected chi connectivity index (χ1v) is 6.08. The highest BCUT2D eigenvalue weighted by Gasteiger charge is 2.33. The number of hydrogen-bond donors (Lipinski definition) is 1. The zero-order valence-corrected chi connectivity index (χ0v) is 10.6. The standard InChI is InChI=1S/C13H19N3O/c1-9(2)15-11-6-8-16(13(11)17)12-5-4-7-14-10(12)3/h4-5,7,9,11,15H,6,8H2,1-3H3. The summed E-state index contributed by atoms with van der Waals surface area (Å²) in [6.45, 7) is 6.83. The molecule has 92 valence electrons. The maximum absolute atomic E-state index is 12.2. The lowest BCUT2D eigenvalue weighted by Gasteiger charge is -2.19. The Balaban J connectivity index is 2.15. The molecular formula is C13H19N3O. The molecule has 1 aliphatic heterocycles. The van der Waals surface area contributed by atoms with Crippen LogP contribution >= 0.6 is 0 Å². The molecule has 1 aromatic heterocycles. The molecule has 2 rings (SSSR count). The minimum atomic E-state index is -0.0467. The molecular weight excluding hydrogens is 214 g/mol. The van der Waals surface area contributed by atoms with E-state index in [0.717, 1.165) is 24.3 Å². The Hall–Kier alpha value is -1.42. The largest absolute Gasteiger partial charge is 0.309 e. The Kier molecular flexibility index (Phi) is 3.43. The molecule has 2 heterocycles. The second-order valence-electron chi connectivity index (χ2n) is 4.76. The second-order valence-corrected chi connectivity index (χ2v) is 4.76. The van der Waals surface area contributed by atoms with E-state index in [9.17, 15) is 4.79 Å². The first kappa shape index (κ1) is 12.0. The van der Waals surface area contributed by atoms with Crippen molar-refractivity contribution in [2.45, 2.75) is 39.3 Å². The Morgan fingerprint density at radius 1 is 1.53 bits per heavy atom. The Bertz CT molecular complexity index is 417. The fraction of sp³-hybridized carbons (Fsp3) is 0.538. The van der Waals surface area contributed by atoms with Crippen LogP contribution in [0.15, 0.2) is 18.3 Å². The van der Waals surface area contributed by atoms with E-state index < -0.39 is 0 Å². The van der Waals surface area contributed by atoms with Crippen LogP contribution in [0.3, 0.4) is 0 Å². The Morgan fingerprint density at radius 3 is 2.94 bits per heavy atom. The van der Waals surface area contributed by atoms with Gasteiger partial charge in [0.1, 0.15) is 0 Å². The van der Waals surface area contributed by atoms with Crippen molar-refractivity contribution >= 4 is 11.6 Å². The summed E-state index contributed by atoms with van der Waals surface area (Å²) >= 11 is 0. The van der Waals surface area contributed by atoms with Crippen molar-refractivity contribution in [1.29, 1.82) is 0 Å². The summed E-state index contributed by atoms with van der Waals surface area (Å²) in [5.74, 6) is 0.162. The number of hydrogen-bond acceptors (Lipinski definition) is 3. The lowest BCUT2D eigenvalue weighted by Crippen LogP contribution is -2.41. The van der Waals surface area contributed by atoms with Gasteiger partial charge >= 0.3 is 0 Å². The molecule has 0 spiro atoms. The van der Waals surface area contributed by atoms with E-state index in [1.807, 2.05) is 24.0 Å². The molecule has 1 aliphatic rings. The van der Waals surface area contributed by atoms with Crippen molar-refractivity contribution in [1.82, 2.24) is 10.3 Å². The molecule has 0 radical (unpaired) electrons. The van der Waals surface area contributed by atoms with Gasteiger partial charge in [-0.1, -0.05) is 13.8 Å². The maximum atomic E-state index is 12.2. The molecule has 1 fully saturated rings. The van der Waals surface area contributed by atoms with Crippen molar-refractivity contribution in [3.8, 4) is 0 Å². The fourth-order valence-corrected chi connectivity index (χ4v) is 2.24. The van der Waals surface area contributed by atoms with E-state index >= 15 is 0 Å². The van der Waals surface area contributed by atoms with E-state index in [1.165, 1.54) is 0 Å². The average Bonchev–Trinajstić information content (AvgIpc) is 2.61. The molecule has 1 unspecified atom stereocenters. The van der Waals surface area contributed by atoms with Gasteiger partial charge in [-0.05, 0) is 25.5 Å². The third-order valence-corrected chi connectivity index (χ3v) is 3.01. The number of aromatic nitrogens is 1. The van der Waals surface area contributed by atoms with Crippen LogP contribution in [0, 0.1) is 6.92 Å². The van der Waals surface area contributed by atoms with Crippen molar-refractivity contribution in [3.63, 3.8) is 0 Å². The topological polar surface area (TPSA) is 45.2 Å². The minimum absolute atomic E-state index is 0.0467. The third kappa shape index (κ3) is 2.47. The molecule has 4 heteroatoms. The van der Waals surface area contributed by atoms with Crippen LogP contribution in [0.4, 0.5) is 5.69 Å². The number of nitrogens with one attached hydrogen (secondary N) is 1. The molecule has 17 heavy (non-hydrogen) atoms. The summed E-state index contributed by atoms with van der Waals surface area (Å²) in [6, 6.07) is 4.12. The van der Waals surface area contributed by atoms with Crippen molar-refractivity contribution in [3.05, 3.63) is 24.0 Å². The number of nitrogens with zero attached hydrogens (tertiary/aromatic N) is 2. The quantitative estimate of drug-likeness (QED) is 0.860. The molecule has 0 aliphatic carbocycles. The van der Waals surface area contributed by atoms with Gasteiger partial charge in [0, 0.05) is 18.8 Å². The molecule has 1 amide bonds. The lowest BCUT2D eigenvalue weighted by atomic mass is 10.2. The van der Waals surface area contributed by atoms with E-state index in [2.05, 4.69) is 24.1 Å². The maximum Gasteiger partial charge on any atom is 0.244 e. The number of amides is 1. The number of aryl methyl sites for hydroxylation is 1. The SMILES string of the molecule is Cc1ncccc1N1CCC(NC(C)C)C1=O. The predicted molar refractivity (Wildman–Crippen MR) is 68.0 cm³/mol. The van der Waals surface area contributed by atoms with Gasteiger partial charge in [-0.25, -0.2) is 0 Å². The van der Waals surface area contributed by atoms with Gasteiger partial charge in [-0.15, -0.1) is 0 Å². The summed E-state index contributed by atoms with van der Waals surface area (Å²) in [5, 5.41) is 3.30. The summed E-state index contributed by atoms with van der Waals surface area (Å²) in [5.41, 5.74) is 1.84. The molecule has 1 aromatic rings. The highest BCUT2D eigenvalue weighted by atomic mass is 16.2. The van der Waals surface area contributed by atoms with Crippen molar-refractivity contribution in [2.75, 3.05) is 11.4 Å². The van der Waals surface area contributed by atoms with Crippen LogP contribution in [0.2, 0.25) is 0 Å². The molecule has 0 bridgehead atoms. The van der Waals surface area contributed by atoms with Gasteiger partial charge in [0.25, 0.3) is 0 Å². The monoisotopic (exact) mass is 233 g/mol. The van der Waals surface area contributed by atoms with Crippen LogP contribution in [-0.4, -0.2) is 29.5 Å². The smallest absolute Gasteiger partial charge is 0.244 e. The van der Waals surface area contributed by atoms with Gasteiger partial charge < -0.3 is 10.2 Å². The molecule has 4 nitrogen and oxygen atoms in total. The van der Waals surface area contributed by atoms with E-state index in [-0.39, 0.29) is 11.9 Å². The Morgan fingerprint density at radius 2 is 2.29 bits per heavy atom. The van der Waals surface area contributed by atoms with Gasteiger partial charge in [-0.2, -0.15) is 0 Å². The zero-order valence-electron chi connectivity index (χ0n) is 10.6. The fourth-order valence-electron chi connectivity index (χ4n) is 2.24. The summed E-state index contributed by atoms with van der Waals surface area (Å²) < 4.78 is 0. The highest BCUT2D eigenvalue weighted by molar-refractivity contribution is 5.99. The number of anilines is 1. The molecule has 0 saturated carbocycles. The second kappa shape index (κ2) is 4.84. The van der Waals surface area contributed by atoms with E-state index in [0.29, 0.717) is 6.04 Å². The van der Waals surface area contributed by atoms with Crippen molar-refractivity contribution < 1.29 is 4.79 Å². The molecule has 1 N–H and O–H groups in total. The van der Waals surface area contributed by atoms with Crippen molar-refractivity contribution in [2.24, 2.45) is 0 Å². The van der Waals surface area contributed by atoms with Gasteiger partial charge in [0.05, 0.1) is 17.4 Å². The number of carbonyl (C=O) groups is 1. The molecule has 1 atom stereocenters. The third-order valence-electron chi connectivity index (χ3n) is 3.01. The average molecular weight is 233 g/mol. The Labute approximate surface area is 102 Å². The normalized spacial score (nSPS) is 20.4. The minimum Gasteiger partial charge on any atom is -0.309 e. The number of rotatable bonds is 3. The first-order chi connectivity index (χ1) is 8.09. The van der Waals surface area contributed by atoms with E-state index in [4.69, 9.17) is 0 Å². The van der Waals surface area contributed by atoms with Crippen LogP contribution < -0.4 is 10.2 Å². The first-order valence-electron chi connectivity index (χ1n) is 6.08. The van der Waals surface area contributed by atoms with Crippen LogP contribution in [0.1, 0.15) is 26.0 Å². The van der Waals surface area contributed by atoms with Gasteiger partial charge in [0.15, 0.2) is 0 Å². The highest BCUT2D eigenvalue weighted by Crippen LogP contribution is 2.23. The lowest BCUT2D eigenvalue weighted by molar-refractivity contribution is -0.118. The summed E-state index contributed by atoms with van der Waals surface area (Å²) in [7, 11) is 0. The van der Waals surface area contributed by atoms with Crippen LogP contribution in [0.5, 0.6) is 0 Å². The number of pyridine rings is 1. The molecule has 1 saturated heterocycles. The molecule has 0 aromatic carbocycles. The number of carbonyl (C=O) groups excluding carboxylic acids is 1. The summed E-state index contributed by atoms with van der Waals surface area (Å²) in [6.07, 6.45) is 2.62. The van der Waals surface area contributed by atoms with Crippen LogP contribution in [-0.2, 0) is 4.79 Å². The summed E-state index contributed by atoms with van der Waals surface area (Å²) in [4.78, 5) is 18.3. The zero-order chi connectivity index (χ0) is 12.4. The predicted octanol–water partition coefficient (Wildman–Crippen LogP) is 1.49. The van der Waals surface area contributed by atoms with E-state index in [1.54, 1.807) is 6.20 Å². The van der Waals surface area contributed by atoms with Gasteiger partial charge in [-0.3, -0.25) is 9.78 Å². The van der Waals surface area contributed by atoms with Crippen LogP contribution in [0.25, 0.3) is 0 Å².